The van der Waals surface area contributed by atoms with Crippen molar-refractivity contribution in [1.29, 1.82) is 0 Å². The average molecular weight is 343 g/mol. The van der Waals surface area contributed by atoms with Gasteiger partial charge in [-0.2, -0.15) is 13.2 Å². The van der Waals surface area contributed by atoms with Crippen LogP contribution in [0.4, 0.5) is 13.2 Å². The van der Waals surface area contributed by atoms with E-state index in [1.807, 2.05) is 6.92 Å². The van der Waals surface area contributed by atoms with Crippen LogP contribution in [0.2, 0.25) is 0 Å². The SMILES string of the molecule is COc1cc(C)c(Br)cc1C(O)COCC(F)(F)F. The van der Waals surface area contributed by atoms with Crippen LogP contribution in [0.5, 0.6) is 5.75 Å². The molecule has 0 amide bonds. The summed E-state index contributed by atoms with van der Waals surface area (Å²) >= 11 is 3.29. The molecule has 19 heavy (non-hydrogen) atoms. The zero-order valence-corrected chi connectivity index (χ0v) is 12.0. The summed E-state index contributed by atoms with van der Waals surface area (Å²) in [5, 5.41) is 9.85. The molecule has 1 atom stereocenters. The zero-order valence-electron chi connectivity index (χ0n) is 10.4. The van der Waals surface area contributed by atoms with E-state index in [2.05, 4.69) is 20.7 Å². The minimum Gasteiger partial charge on any atom is -0.496 e. The Hall–Kier alpha value is -0.790. The second-order valence-electron chi connectivity index (χ2n) is 3.99. The number of halogens is 4. The fourth-order valence-electron chi connectivity index (χ4n) is 1.48. The molecular weight excluding hydrogens is 329 g/mol. The second-order valence-corrected chi connectivity index (χ2v) is 4.84. The molecule has 0 bridgehead atoms. The predicted octanol–water partition coefficient (Wildman–Crippen LogP) is 3.38. The number of aliphatic hydroxyl groups is 1. The normalized spacial score (nSPS) is 13.4. The largest absolute Gasteiger partial charge is 0.496 e. The Morgan fingerprint density at radius 1 is 1.37 bits per heavy atom. The van der Waals surface area contributed by atoms with Crippen molar-refractivity contribution in [3.63, 3.8) is 0 Å². The summed E-state index contributed by atoms with van der Waals surface area (Å²) < 4.78 is 46.1. The van der Waals surface area contributed by atoms with Gasteiger partial charge in [0.05, 0.1) is 13.7 Å². The van der Waals surface area contributed by atoms with Gasteiger partial charge >= 0.3 is 6.18 Å². The van der Waals surface area contributed by atoms with Crippen molar-refractivity contribution >= 4 is 15.9 Å². The number of aryl methyl sites for hydroxylation is 1. The van der Waals surface area contributed by atoms with Gasteiger partial charge in [-0.25, -0.2) is 0 Å². The van der Waals surface area contributed by atoms with Gasteiger partial charge in [0.2, 0.25) is 0 Å². The fraction of sp³-hybridized carbons (Fsp3) is 0.500. The van der Waals surface area contributed by atoms with E-state index in [0.717, 1.165) is 10.0 Å². The third-order valence-corrected chi connectivity index (χ3v) is 3.27. The van der Waals surface area contributed by atoms with Crippen molar-refractivity contribution in [1.82, 2.24) is 0 Å². The molecule has 0 saturated carbocycles. The number of aliphatic hydroxyl groups excluding tert-OH is 1. The van der Waals surface area contributed by atoms with Crippen molar-refractivity contribution in [3.05, 3.63) is 27.7 Å². The molecule has 0 aliphatic carbocycles. The number of hydrogen-bond donors (Lipinski definition) is 1. The number of methoxy groups -OCH3 is 1. The maximum absolute atomic E-state index is 11.9. The van der Waals surface area contributed by atoms with Crippen LogP contribution >= 0.6 is 15.9 Å². The van der Waals surface area contributed by atoms with Gasteiger partial charge in [-0.1, -0.05) is 15.9 Å². The summed E-state index contributed by atoms with van der Waals surface area (Å²) in [5.74, 6) is 0.406. The molecule has 1 rings (SSSR count). The summed E-state index contributed by atoms with van der Waals surface area (Å²) in [6.07, 6.45) is -5.59. The summed E-state index contributed by atoms with van der Waals surface area (Å²) in [5.41, 5.74) is 1.27. The second kappa shape index (κ2) is 6.58. The Morgan fingerprint density at radius 2 is 2.00 bits per heavy atom. The van der Waals surface area contributed by atoms with Crippen LogP contribution in [0.3, 0.4) is 0 Å². The van der Waals surface area contributed by atoms with Crippen LogP contribution < -0.4 is 4.74 Å². The number of hydrogen-bond acceptors (Lipinski definition) is 3. The maximum Gasteiger partial charge on any atom is 0.411 e. The van der Waals surface area contributed by atoms with Gasteiger partial charge in [-0.3, -0.25) is 0 Å². The molecule has 0 fully saturated rings. The molecule has 0 heterocycles. The third-order valence-electron chi connectivity index (χ3n) is 2.41. The highest BCUT2D eigenvalue weighted by Gasteiger charge is 2.28. The Kier molecular flexibility index (Phi) is 5.64. The number of ether oxygens (including phenoxy) is 2. The van der Waals surface area contributed by atoms with E-state index in [4.69, 9.17) is 4.74 Å². The van der Waals surface area contributed by atoms with E-state index in [1.54, 1.807) is 12.1 Å². The highest BCUT2D eigenvalue weighted by atomic mass is 79.9. The summed E-state index contributed by atoms with van der Waals surface area (Å²) in [6.45, 7) is -0.00626. The first-order valence-electron chi connectivity index (χ1n) is 5.41. The van der Waals surface area contributed by atoms with Gasteiger partial charge < -0.3 is 14.6 Å². The van der Waals surface area contributed by atoms with Crippen LogP contribution in [0.1, 0.15) is 17.2 Å². The number of rotatable bonds is 5. The lowest BCUT2D eigenvalue weighted by Crippen LogP contribution is -2.20. The number of alkyl halides is 3. The quantitative estimate of drug-likeness (QED) is 0.891. The van der Waals surface area contributed by atoms with Gasteiger partial charge in [0.25, 0.3) is 0 Å². The Labute approximate surface area is 117 Å². The van der Waals surface area contributed by atoms with Gasteiger partial charge in [-0.15, -0.1) is 0 Å². The van der Waals surface area contributed by atoms with Gasteiger partial charge in [0.1, 0.15) is 18.5 Å². The van der Waals surface area contributed by atoms with Gasteiger partial charge in [0, 0.05) is 10.0 Å². The molecular formula is C12H14BrF3O3. The molecule has 0 aromatic heterocycles. The first-order chi connectivity index (χ1) is 8.74. The lowest BCUT2D eigenvalue weighted by molar-refractivity contribution is -0.179. The van der Waals surface area contributed by atoms with E-state index in [0.29, 0.717) is 11.3 Å². The standard InChI is InChI=1S/C12H14BrF3O3/c1-7-3-11(18-2)8(4-9(7)13)10(17)5-19-6-12(14,15)16/h3-4,10,17H,5-6H2,1-2H3. The van der Waals surface area contributed by atoms with E-state index in [9.17, 15) is 18.3 Å². The molecule has 1 aromatic carbocycles. The summed E-state index contributed by atoms with van der Waals surface area (Å²) in [4.78, 5) is 0. The molecule has 1 aromatic rings. The topological polar surface area (TPSA) is 38.7 Å². The van der Waals surface area contributed by atoms with Crippen LogP contribution in [0, 0.1) is 6.92 Å². The van der Waals surface area contributed by atoms with Crippen molar-refractivity contribution in [2.75, 3.05) is 20.3 Å². The Bertz CT molecular complexity index is 435. The van der Waals surface area contributed by atoms with Crippen molar-refractivity contribution in [3.8, 4) is 5.75 Å². The van der Waals surface area contributed by atoms with E-state index in [-0.39, 0.29) is 0 Å². The van der Waals surface area contributed by atoms with Crippen LogP contribution in [-0.2, 0) is 4.74 Å². The Morgan fingerprint density at radius 3 is 2.53 bits per heavy atom. The predicted molar refractivity (Wildman–Crippen MR) is 67.3 cm³/mol. The first kappa shape index (κ1) is 16.3. The molecule has 3 nitrogen and oxygen atoms in total. The molecule has 0 saturated heterocycles. The van der Waals surface area contributed by atoms with Crippen molar-refractivity contribution < 1.29 is 27.8 Å². The summed E-state index contributed by atoms with van der Waals surface area (Å²) in [7, 11) is 1.43. The monoisotopic (exact) mass is 342 g/mol. The van der Waals surface area contributed by atoms with E-state index in [1.165, 1.54) is 7.11 Å². The number of benzene rings is 1. The van der Waals surface area contributed by atoms with Crippen LogP contribution in [0.15, 0.2) is 16.6 Å². The molecule has 7 heteroatoms. The van der Waals surface area contributed by atoms with E-state index >= 15 is 0 Å². The molecule has 108 valence electrons. The van der Waals surface area contributed by atoms with Crippen molar-refractivity contribution in [2.45, 2.75) is 19.2 Å². The maximum atomic E-state index is 11.9. The van der Waals surface area contributed by atoms with Crippen LogP contribution in [-0.4, -0.2) is 31.6 Å². The molecule has 0 aliphatic rings. The highest BCUT2D eigenvalue weighted by Crippen LogP contribution is 2.31. The fourth-order valence-corrected chi connectivity index (χ4v) is 1.84. The average Bonchev–Trinajstić information content (AvgIpc) is 2.30. The van der Waals surface area contributed by atoms with Crippen molar-refractivity contribution in [2.24, 2.45) is 0 Å². The first-order valence-corrected chi connectivity index (χ1v) is 6.20. The minimum atomic E-state index is -4.41. The van der Waals surface area contributed by atoms with E-state index < -0.39 is 25.5 Å². The molecule has 0 aliphatic heterocycles. The lowest BCUT2D eigenvalue weighted by atomic mass is 10.1. The molecule has 0 spiro atoms. The van der Waals surface area contributed by atoms with Gasteiger partial charge in [0.15, 0.2) is 0 Å². The Balaban J connectivity index is 2.76. The minimum absolute atomic E-state index is 0.377. The molecule has 1 N–H and O–H groups in total. The zero-order chi connectivity index (χ0) is 14.6. The lowest BCUT2D eigenvalue weighted by Gasteiger charge is -2.17. The summed E-state index contributed by atoms with van der Waals surface area (Å²) in [6, 6.07) is 3.29. The molecule has 1 unspecified atom stereocenters. The van der Waals surface area contributed by atoms with Gasteiger partial charge in [-0.05, 0) is 24.6 Å². The molecule has 0 radical (unpaired) electrons. The third kappa shape index (κ3) is 5.00. The smallest absolute Gasteiger partial charge is 0.411 e. The highest BCUT2D eigenvalue weighted by molar-refractivity contribution is 9.10. The van der Waals surface area contributed by atoms with Crippen LogP contribution in [0.25, 0.3) is 0 Å².